The fourth-order valence-electron chi connectivity index (χ4n) is 3.69. The van der Waals surface area contributed by atoms with Gasteiger partial charge in [0.2, 0.25) is 11.8 Å². The summed E-state index contributed by atoms with van der Waals surface area (Å²) in [4.78, 5) is 31.4. The highest BCUT2D eigenvalue weighted by molar-refractivity contribution is 7.18. The number of hydrogen-bond donors (Lipinski definition) is 1. The number of aryl methyl sites for hydroxylation is 1. The predicted octanol–water partition coefficient (Wildman–Crippen LogP) is 3.37. The van der Waals surface area contributed by atoms with Gasteiger partial charge in [0, 0.05) is 30.4 Å². The van der Waals surface area contributed by atoms with Crippen LogP contribution in [0.4, 0.5) is 11.4 Å². The average molecular weight is 409 g/mol. The molecule has 1 atom stereocenters. The average Bonchev–Trinajstić information content (AvgIpc) is 3.29. The standard InChI is InChI=1S/C21H19N3O4S/c1-12-22-16-4-2-14(9-19(16)29-12)23-21(26)13-8-20(25)24(11-13)15-3-5-17-18(10-15)28-7-6-27-17/h2-5,9-10,13H,6-8,11H2,1H3,(H,23,26)/t13-/m0/s1. The molecule has 7 nitrogen and oxygen atoms in total. The zero-order valence-corrected chi connectivity index (χ0v) is 16.6. The molecular weight excluding hydrogens is 390 g/mol. The molecule has 8 heteroatoms. The van der Waals surface area contributed by atoms with Gasteiger partial charge in [0.15, 0.2) is 11.5 Å². The van der Waals surface area contributed by atoms with Crippen molar-refractivity contribution >= 4 is 44.7 Å². The normalized spacial score (nSPS) is 18.3. The van der Waals surface area contributed by atoms with Crippen LogP contribution in [0.15, 0.2) is 36.4 Å². The molecule has 5 rings (SSSR count). The highest BCUT2D eigenvalue weighted by Crippen LogP contribution is 2.36. The minimum atomic E-state index is -0.408. The van der Waals surface area contributed by atoms with E-state index in [-0.39, 0.29) is 18.2 Å². The summed E-state index contributed by atoms with van der Waals surface area (Å²) in [5.74, 6) is 0.668. The van der Waals surface area contributed by atoms with E-state index in [1.165, 1.54) is 0 Å². The van der Waals surface area contributed by atoms with Crippen LogP contribution in [0.2, 0.25) is 0 Å². The predicted molar refractivity (Wildman–Crippen MR) is 111 cm³/mol. The zero-order chi connectivity index (χ0) is 20.0. The highest BCUT2D eigenvalue weighted by atomic mass is 32.1. The largest absolute Gasteiger partial charge is 0.486 e. The molecule has 0 aliphatic carbocycles. The molecule has 0 saturated carbocycles. The van der Waals surface area contributed by atoms with Crippen LogP contribution in [0.5, 0.6) is 11.5 Å². The first-order chi connectivity index (χ1) is 14.1. The molecule has 3 heterocycles. The molecule has 2 aromatic carbocycles. The first-order valence-electron chi connectivity index (χ1n) is 9.45. The second-order valence-corrected chi connectivity index (χ2v) is 8.37. The van der Waals surface area contributed by atoms with Gasteiger partial charge >= 0.3 is 0 Å². The van der Waals surface area contributed by atoms with Gasteiger partial charge in [-0.3, -0.25) is 9.59 Å². The Morgan fingerprint density at radius 2 is 2.00 bits per heavy atom. The number of rotatable bonds is 3. The highest BCUT2D eigenvalue weighted by Gasteiger charge is 2.35. The second kappa shape index (κ2) is 7.04. The molecule has 1 N–H and O–H groups in total. The number of carbonyl (C=O) groups excluding carboxylic acids is 2. The van der Waals surface area contributed by atoms with E-state index < -0.39 is 5.92 Å². The minimum absolute atomic E-state index is 0.0737. The third-order valence-electron chi connectivity index (χ3n) is 5.10. The van der Waals surface area contributed by atoms with Crippen LogP contribution in [0, 0.1) is 12.8 Å². The van der Waals surface area contributed by atoms with Crippen molar-refractivity contribution in [3.8, 4) is 11.5 Å². The Morgan fingerprint density at radius 3 is 2.86 bits per heavy atom. The quantitative estimate of drug-likeness (QED) is 0.717. The number of hydrogen-bond acceptors (Lipinski definition) is 6. The Bertz CT molecular complexity index is 1130. The lowest BCUT2D eigenvalue weighted by molar-refractivity contribution is -0.122. The van der Waals surface area contributed by atoms with Gasteiger partial charge < -0.3 is 19.7 Å². The molecule has 0 unspecified atom stereocenters. The van der Waals surface area contributed by atoms with Crippen LogP contribution >= 0.6 is 11.3 Å². The van der Waals surface area contributed by atoms with Crippen molar-refractivity contribution in [1.82, 2.24) is 4.98 Å². The summed E-state index contributed by atoms with van der Waals surface area (Å²) in [6.07, 6.45) is 0.183. The maximum atomic E-state index is 12.8. The number of benzene rings is 2. The summed E-state index contributed by atoms with van der Waals surface area (Å²) in [6, 6.07) is 11.1. The number of thiazole rings is 1. The van der Waals surface area contributed by atoms with Crippen LogP contribution < -0.4 is 19.7 Å². The van der Waals surface area contributed by atoms with E-state index in [4.69, 9.17) is 9.47 Å². The van der Waals surface area contributed by atoms with Gasteiger partial charge in [0.05, 0.1) is 21.1 Å². The minimum Gasteiger partial charge on any atom is -0.486 e. The first-order valence-corrected chi connectivity index (χ1v) is 10.3. The smallest absolute Gasteiger partial charge is 0.229 e. The van der Waals surface area contributed by atoms with Gasteiger partial charge in [-0.05, 0) is 37.3 Å². The summed E-state index contributed by atoms with van der Waals surface area (Å²) in [6.45, 7) is 3.30. The van der Waals surface area contributed by atoms with Crippen LogP contribution in [-0.4, -0.2) is 36.6 Å². The summed E-state index contributed by atoms with van der Waals surface area (Å²) in [5, 5.41) is 3.93. The third kappa shape index (κ3) is 3.40. The number of fused-ring (bicyclic) bond motifs is 2. The van der Waals surface area contributed by atoms with Gasteiger partial charge in [-0.1, -0.05) is 0 Å². The van der Waals surface area contributed by atoms with Crippen molar-refractivity contribution in [2.75, 3.05) is 30.0 Å². The Balaban J connectivity index is 1.30. The van der Waals surface area contributed by atoms with Gasteiger partial charge in [-0.25, -0.2) is 4.98 Å². The third-order valence-corrected chi connectivity index (χ3v) is 6.03. The Labute approximate surface area is 171 Å². The first kappa shape index (κ1) is 17.9. The number of anilines is 2. The molecular formula is C21H19N3O4S. The van der Waals surface area contributed by atoms with E-state index >= 15 is 0 Å². The Kier molecular flexibility index (Phi) is 4.35. The SMILES string of the molecule is Cc1nc2ccc(NC(=O)[C@H]3CC(=O)N(c4ccc5c(c4)OCCO5)C3)cc2s1. The molecule has 29 heavy (non-hydrogen) atoms. The second-order valence-electron chi connectivity index (χ2n) is 7.14. The monoisotopic (exact) mass is 409 g/mol. The molecule has 0 spiro atoms. The summed E-state index contributed by atoms with van der Waals surface area (Å²) < 4.78 is 12.2. The van der Waals surface area contributed by atoms with Crippen molar-refractivity contribution in [3.63, 3.8) is 0 Å². The number of amides is 2. The zero-order valence-electron chi connectivity index (χ0n) is 15.8. The molecule has 2 aliphatic rings. The van der Waals surface area contributed by atoms with Crippen molar-refractivity contribution < 1.29 is 19.1 Å². The fourth-order valence-corrected chi connectivity index (χ4v) is 4.56. The topological polar surface area (TPSA) is 80.8 Å². The van der Waals surface area contributed by atoms with E-state index in [9.17, 15) is 9.59 Å². The van der Waals surface area contributed by atoms with Gasteiger partial charge in [0.25, 0.3) is 0 Å². The molecule has 2 aliphatic heterocycles. The van der Waals surface area contributed by atoms with Gasteiger partial charge in [-0.15, -0.1) is 11.3 Å². The van der Waals surface area contributed by atoms with Crippen LogP contribution in [-0.2, 0) is 9.59 Å². The molecule has 0 radical (unpaired) electrons. The Morgan fingerprint density at radius 1 is 1.17 bits per heavy atom. The molecule has 148 valence electrons. The summed E-state index contributed by atoms with van der Waals surface area (Å²) >= 11 is 1.59. The van der Waals surface area contributed by atoms with Crippen molar-refractivity contribution in [2.24, 2.45) is 5.92 Å². The van der Waals surface area contributed by atoms with E-state index in [1.807, 2.05) is 31.2 Å². The van der Waals surface area contributed by atoms with E-state index in [2.05, 4.69) is 10.3 Å². The van der Waals surface area contributed by atoms with Crippen molar-refractivity contribution in [3.05, 3.63) is 41.4 Å². The molecule has 1 aromatic heterocycles. The van der Waals surface area contributed by atoms with E-state index in [1.54, 1.807) is 28.4 Å². The molecule has 1 saturated heterocycles. The van der Waals surface area contributed by atoms with Gasteiger partial charge in [0.1, 0.15) is 13.2 Å². The molecule has 1 fully saturated rings. The van der Waals surface area contributed by atoms with Crippen molar-refractivity contribution in [2.45, 2.75) is 13.3 Å². The maximum absolute atomic E-state index is 12.8. The number of ether oxygens (including phenoxy) is 2. The number of nitrogens with zero attached hydrogens (tertiary/aromatic N) is 2. The molecule has 0 bridgehead atoms. The molecule has 2 amide bonds. The van der Waals surface area contributed by atoms with Crippen LogP contribution in [0.1, 0.15) is 11.4 Å². The number of nitrogens with one attached hydrogen (secondary N) is 1. The molecule has 3 aromatic rings. The van der Waals surface area contributed by atoms with Gasteiger partial charge in [-0.2, -0.15) is 0 Å². The fraction of sp³-hybridized carbons (Fsp3) is 0.286. The maximum Gasteiger partial charge on any atom is 0.229 e. The van der Waals surface area contributed by atoms with Crippen LogP contribution in [0.25, 0.3) is 10.2 Å². The van der Waals surface area contributed by atoms with E-state index in [0.717, 1.165) is 26.6 Å². The number of aromatic nitrogens is 1. The Hall–Kier alpha value is -3.13. The lowest BCUT2D eigenvalue weighted by Gasteiger charge is -2.22. The number of carbonyl (C=O) groups is 2. The van der Waals surface area contributed by atoms with Crippen molar-refractivity contribution in [1.29, 1.82) is 0 Å². The lowest BCUT2D eigenvalue weighted by Crippen LogP contribution is -2.28. The van der Waals surface area contributed by atoms with E-state index in [0.29, 0.717) is 31.3 Å². The lowest BCUT2D eigenvalue weighted by atomic mass is 10.1. The van der Waals surface area contributed by atoms with Crippen LogP contribution in [0.3, 0.4) is 0 Å². The summed E-state index contributed by atoms with van der Waals surface area (Å²) in [5.41, 5.74) is 2.36. The summed E-state index contributed by atoms with van der Waals surface area (Å²) in [7, 11) is 0.